The van der Waals surface area contributed by atoms with Gasteiger partial charge in [-0.15, -0.1) is 0 Å². The first-order valence-electron chi connectivity index (χ1n) is 9.54. The summed E-state index contributed by atoms with van der Waals surface area (Å²) in [5.41, 5.74) is 1.41. The minimum Gasteiger partial charge on any atom is -0.326 e. The number of hydrogen-bond donors (Lipinski definition) is 1. The van der Waals surface area contributed by atoms with E-state index in [0.29, 0.717) is 24.4 Å². The summed E-state index contributed by atoms with van der Waals surface area (Å²) in [6, 6.07) is 11.0. The first-order valence-corrected chi connectivity index (χ1v) is 11.4. The molecule has 1 saturated heterocycles. The number of carbonyl (C=O) groups excluding carboxylic acids is 1. The van der Waals surface area contributed by atoms with Crippen LogP contribution in [0.5, 0.6) is 0 Å². The van der Waals surface area contributed by atoms with Gasteiger partial charge in [0.25, 0.3) is 0 Å². The predicted octanol–water partition coefficient (Wildman–Crippen LogP) is 4.64. The third kappa shape index (κ3) is 4.97. The maximum Gasteiger partial charge on any atom is 0.243 e. The molecule has 1 fully saturated rings. The molecule has 0 unspecified atom stereocenters. The van der Waals surface area contributed by atoms with Crippen LogP contribution in [-0.4, -0.2) is 31.7 Å². The molecule has 1 N–H and O–H groups in total. The summed E-state index contributed by atoms with van der Waals surface area (Å²) in [6.07, 6.45) is 0.816. The van der Waals surface area contributed by atoms with Crippen molar-refractivity contribution in [3.05, 3.63) is 58.9 Å². The highest BCUT2D eigenvalue weighted by Crippen LogP contribution is 2.26. The van der Waals surface area contributed by atoms with Crippen molar-refractivity contribution in [2.24, 2.45) is 5.92 Å². The van der Waals surface area contributed by atoms with E-state index in [2.05, 4.69) is 19.2 Å². The van der Waals surface area contributed by atoms with Crippen molar-refractivity contribution < 1.29 is 17.6 Å². The third-order valence-corrected chi connectivity index (χ3v) is 7.42. The average Bonchev–Trinajstić information content (AvgIpc) is 2.71. The number of amides is 1. The molecule has 0 saturated carbocycles. The van der Waals surface area contributed by atoms with E-state index in [-0.39, 0.29) is 34.8 Å². The Morgan fingerprint density at radius 2 is 1.76 bits per heavy atom. The molecular weight excluding hydrogens is 415 g/mol. The van der Waals surface area contributed by atoms with Crippen LogP contribution in [0.2, 0.25) is 5.02 Å². The van der Waals surface area contributed by atoms with Crippen LogP contribution >= 0.6 is 11.6 Å². The quantitative estimate of drug-likeness (QED) is 0.739. The molecule has 2 aromatic rings. The van der Waals surface area contributed by atoms with Crippen LogP contribution in [0.1, 0.15) is 38.2 Å². The molecule has 0 radical (unpaired) electrons. The van der Waals surface area contributed by atoms with Gasteiger partial charge in [0.15, 0.2) is 0 Å². The van der Waals surface area contributed by atoms with E-state index < -0.39 is 15.8 Å². The molecule has 1 aliphatic rings. The van der Waals surface area contributed by atoms with E-state index in [4.69, 9.17) is 11.6 Å². The first-order chi connectivity index (χ1) is 13.7. The molecule has 1 amide bonds. The number of anilines is 1. The first kappa shape index (κ1) is 21.7. The standard InChI is InChI=1S/C21H24ClFN2O3S/c1-14(2)15-3-6-18(7-4-15)29(27,28)25-11-9-16(10-12-25)21(26)24-17-5-8-19(22)20(23)13-17/h3-8,13-14,16H,9-12H2,1-2H3,(H,24,26). The van der Waals surface area contributed by atoms with Gasteiger partial charge in [-0.05, 0) is 54.7 Å². The lowest BCUT2D eigenvalue weighted by atomic mass is 9.97. The maximum absolute atomic E-state index is 13.5. The van der Waals surface area contributed by atoms with E-state index in [9.17, 15) is 17.6 Å². The van der Waals surface area contributed by atoms with E-state index in [1.165, 1.54) is 22.5 Å². The van der Waals surface area contributed by atoms with Gasteiger partial charge in [-0.3, -0.25) is 4.79 Å². The zero-order valence-corrected chi connectivity index (χ0v) is 17.9. The Morgan fingerprint density at radius 1 is 1.14 bits per heavy atom. The Balaban J connectivity index is 1.61. The lowest BCUT2D eigenvalue weighted by molar-refractivity contribution is -0.120. The smallest absolute Gasteiger partial charge is 0.243 e. The summed E-state index contributed by atoms with van der Waals surface area (Å²) >= 11 is 5.65. The Morgan fingerprint density at radius 3 is 2.31 bits per heavy atom. The second-order valence-electron chi connectivity index (χ2n) is 7.52. The zero-order valence-electron chi connectivity index (χ0n) is 16.4. The van der Waals surface area contributed by atoms with E-state index >= 15 is 0 Å². The van der Waals surface area contributed by atoms with Gasteiger partial charge < -0.3 is 5.32 Å². The molecule has 0 aromatic heterocycles. The van der Waals surface area contributed by atoms with E-state index in [0.717, 1.165) is 5.56 Å². The molecule has 1 heterocycles. The van der Waals surface area contributed by atoms with Crippen molar-refractivity contribution in [2.45, 2.75) is 37.5 Å². The van der Waals surface area contributed by atoms with Crippen molar-refractivity contribution >= 4 is 33.2 Å². The van der Waals surface area contributed by atoms with Gasteiger partial charge in [0.2, 0.25) is 15.9 Å². The van der Waals surface area contributed by atoms with Crippen molar-refractivity contribution in [3.63, 3.8) is 0 Å². The zero-order chi connectivity index (χ0) is 21.2. The number of carbonyl (C=O) groups is 1. The van der Waals surface area contributed by atoms with Crippen molar-refractivity contribution in [1.82, 2.24) is 4.31 Å². The molecule has 1 aliphatic heterocycles. The minimum absolute atomic E-state index is 0.0112. The highest BCUT2D eigenvalue weighted by atomic mass is 35.5. The summed E-state index contributed by atoms with van der Waals surface area (Å²) in [5, 5.41) is 2.67. The van der Waals surface area contributed by atoms with Gasteiger partial charge in [0.05, 0.1) is 9.92 Å². The number of rotatable bonds is 5. The third-order valence-electron chi connectivity index (χ3n) is 5.20. The molecule has 0 spiro atoms. The molecule has 0 atom stereocenters. The van der Waals surface area contributed by atoms with Crippen LogP contribution in [0.15, 0.2) is 47.4 Å². The Hall–Kier alpha value is -1.96. The van der Waals surface area contributed by atoms with Crippen molar-refractivity contribution in [1.29, 1.82) is 0 Å². The van der Waals surface area contributed by atoms with Gasteiger partial charge in [0, 0.05) is 24.7 Å². The van der Waals surface area contributed by atoms with Crippen LogP contribution in [0.4, 0.5) is 10.1 Å². The molecule has 156 valence electrons. The molecule has 0 aliphatic carbocycles. The fraction of sp³-hybridized carbons (Fsp3) is 0.381. The molecule has 5 nitrogen and oxygen atoms in total. The van der Waals surface area contributed by atoms with Crippen molar-refractivity contribution in [3.8, 4) is 0 Å². The number of halogens is 2. The van der Waals surface area contributed by atoms with Crippen LogP contribution in [-0.2, 0) is 14.8 Å². The fourth-order valence-electron chi connectivity index (χ4n) is 3.35. The van der Waals surface area contributed by atoms with Gasteiger partial charge >= 0.3 is 0 Å². The highest BCUT2D eigenvalue weighted by molar-refractivity contribution is 7.89. The Kier molecular flexibility index (Phi) is 6.61. The second kappa shape index (κ2) is 8.81. The lowest BCUT2D eigenvalue weighted by Crippen LogP contribution is -2.41. The highest BCUT2D eigenvalue weighted by Gasteiger charge is 2.32. The monoisotopic (exact) mass is 438 g/mol. The minimum atomic E-state index is -3.59. The molecular formula is C21H24ClFN2O3S. The Bertz CT molecular complexity index is 985. The van der Waals surface area contributed by atoms with Gasteiger partial charge in [-0.1, -0.05) is 37.6 Å². The molecule has 29 heavy (non-hydrogen) atoms. The summed E-state index contributed by atoms with van der Waals surface area (Å²) in [7, 11) is -3.59. The molecule has 0 bridgehead atoms. The SMILES string of the molecule is CC(C)c1ccc(S(=O)(=O)N2CCC(C(=O)Nc3ccc(Cl)c(F)c3)CC2)cc1. The average molecular weight is 439 g/mol. The number of piperidine rings is 1. The van der Waals surface area contributed by atoms with E-state index in [1.54, 1.807) is 12.1 Å². The van der Waals surface area contributed by atoms with Crippen LogP contribution < -0.4 is 5.32 Å². The molecule has 2 aromatic carbocycles. The van der Waals surface area contributed by atoms with Crippen LogP contribution in [0.25, 0.3) is 0 Å². The largest absolute Gasteiger partial charge is 0.326 e. The number of hydrogen-bond acceptors (Lipinski definition) is 3. The van der Waals surface area contributed by atoms with E-state index in [1.807, 2.05) is 12.1 Å². The van der Waals surface area contributed by atoms with Gasteiger partial charge in [0.1, 0.15) is 5.82 Å². The number of sulfonamides is 1. The Labute approximate surface area is 175 Å². The van der Waals surface area contributed by atoms with Crippen molar-refractivity contribution in [2.75, 3.05) is 18.4 Å². The lowest BCUT2D eigenvalue weighted by Gasteiger charge is -2.30. The normalized spacial score (nSPS) is 16.2. The summed E-state index contributed by atoms with van der Waals surface area (Å²) < 4.78 is 40.7. The number of nitrogens with one attached hydrogen (secondary N) is 1. The maximum atomic E-state index is 13.5. The summed E-state index contributed by atoms with van der Waals surface area (Å²) in [5.74, 6) is -0.849. The molecule has 3 rings (SSSR count). The topological polar surface area (TPSA) is 66.5 Å². The second-order valence-corrected chi connectivity index (χ2v) is 9.87. The summed E-state index contributed by atoms with van der Waals surface area (Å²) in [4.78, 5) is 12.7. The van der Waals surface area contributed by atoms with Gasteiger partial charge in [-0.25, -0.2) is 12.8 Å². The van der Waals surface area contributed by atoms with Gasteiger partial charge in [-0.2, -0.15) is 4.31 Å². The predicted molar refractivity (Wildman–Crippen MR) is 112 cm³/mol. The number of nitrogens with zero attached hydrogens (tertiary/aromatic N) is 1. The van der Waals surface area contributed by atoms with Crippen LogP contribution in [0, 0.1) is 11.7 Å². The molecule has 8 heteroatoms. The summed E-state index contributed by atoms with van der Waals surface area (Å²) in [6.45, 7) is 4.64. The number of benzene rings is 2. The van der Waals surface area contributed by atoms with Crippen LogP contribution in [0.3, 0.4) is 0 Å². The fourth-order valence-corrected chi connectivity index (χ4v) is 4.94.